The Morgan fingerprint density at radius 1 is 1.27 bits per heavy atom. The largest absolute Gasteiger partial charge is 0.480 e. The predicted molar refractivity (Wildman–Crippen MR) is 55.4 cm³/mol. The first-order valence-corrected chi connectivity index (χ1v) is 5.01. The third-order valence-corrected chi connectivity index (χ3v) is 2.22. The highest BCUT2D eigenvalue weighted by Gasteiger charge is 2.38. The molecule has 88 valence electrons. The van der Waals surface area contributed by atoms with Crippen molar-refractivity contribution in [3.05, 3.63) is 0 Å². The van der Waals surface area contributed by atoms with Crippen molar-refractivity contribution >= 4 is 11.9 Å². The lowest BCUT2D eigenvalue weighted by Crippen LogP contribution is -2.46. The number of hydrogen-bond acceptors (Lipinski definition) is 3. The van der Waals surface area contributed by atoms with Crippen LogP contribution >= 0.6 is 0 Å². The van der Waals surface area contributed by atoms with Crippen LogP contribution in [0.3, 0.4) is 0 Å². The molecule has 0 aromatic carbocycles. The third kappa shape index (κ3) is 3.51. The minimum absolute atomic E-state index is 0.151. The fraction of sp³-hybridized carbons (Fsp3) is 0.800. The number of carbonyl (C=O) groups is 2. The van der Waals surface area contributed by atoms with Crippen LogP contribution in [0.5, 0.6) is 0 Å². The van der Waals surface area contributed by atoms with Gasteiger partial charge in [0.1, 0.15) is 5.41 Å². The lowest BCUT2D eigenvalue weighted by Gasteiger charge is -2.28. The molecule has 5 heteroatoms. The molecule has 0 bridgehead atoms. The minimum Gasteiger partial charge on any atom is -0.480 e. The van der Waals surface area contributed by atoms with Crippen LogP contribution in [-0.2, 0) is 9.59 Å². The first-order chi connectivity index (χ1) is 6.87. The normalized spacial score (nSPS) is 11.2. The zero-order valence-corrected chi connectivity index (χ0v) is 9.49. The molecule has 0 radical (unpaired) electrons. The summed E-state index contributed by atoms with van der Waals surface area (Å²) in [6, 6.07) is 0. The van der Waals surface area contributed by atoms with Crippen molar-refractivity contribution < 1.29 is 19.8 Å². The van der Waals surface area contributed by atoms with Gasteiger partial charge in [0, 0.05) is 13.1 Å². The number of rotatable bonds is 6. The smallest absolute Gasteiger partial charge is 0.318 e. The highest BCUT2D eigenvalue weighted by Crippen LogP contribution is 2.19. The van der Waals surface area contributed by atoms with E-state index in [1.807, 2.05) is 6.92 Å². The zero-order valence-electron chi connectivity index (χ0n) is 9.49. The monoisotopic (exact) mass is 217 g/mol. The Balaban J connectivity index is 4.68. The van der Waals surface area contributed by atoms with Gasteiger partial charge in [0.25, 0.3) is 0 Å². The number of hydrogen-bond donors (Lipinski definition) is 2. The molecule has 2 N–H and O–H groups in total. The number of nitrogens with zero attached hydrogens (tertiary/aromatic N) is 1. The van der Waals surface area contributed by atoms with Crippen LogP contribution in [0, 0.1) is 5.41 Å². The molecule has 15 heavy (non-hydrogen) atoms. The second-order valence-electron chi connectivity index (χ2n) is 3.95. The molecular weight excluding hydrogens is 198 g/mol. The number of aliphatic hydroxyl groups excluding tert-OH is 1. The van der Waals surface area contributed by atoms with Gasteiger partial charge >= 0.3 is 5.97 Å². The SMILES string of the molecule is CCCN(CCO)C(=O)C(C)(C)C(=O)O. The molecular formula is C10H19NO4. The summed E-state index contributed by atoms with van der Waals surface area (Å²) in [7, 11) is 0. The fourth-order valence-corrected chi connectivity index (χ4v) is 1.19. The lowest BCUT2D eigenvalue weighted by molar-refractivity contribution is -0.158. The minimum atomic E-state index is -1.43. The molecule has 0 unspecified atom stereocenters. The van der Waals surface area contributed by atoms with Crippen LogP contribution in [0.15, 0.2) is 0 Å². The maximum Gasteiger partial charge on any atom is 0.318 e. The molecule has 0 atom stereocenters. The quantitative estimate of drug-likeness (QED) is 0.628. The summed E-state index contributed by atoms with van der Waals surface area (Å²) in [4.78, 5) is 24.1. The summed E-state index contributed by atoms with van der Waals surface area (Å²) in [6.45, 7) is 5.14. The molecule has 0 aliphatic carbocycles. The third-order valence-electron chi connectivity index (χ3n) is 2.22. The second kappa shape index (κ2) is 5.70. The molecule has 0 aliphatic rings. The predicted octanol–water partition coefficient (Wildman–Crippen LogP) is 0.328. The van der Waals surface area contributed by atoms with E-state index < -0.39 is 17.3 Å². The summed E-state index contributed by atoms with van der Waals surface area (Å²) in [5.41, 5.74) is -1.43. The van der Waals surface area contributed by atoms with E-state index in [0.29, 0.717) is 6.54 Å². The molecule has 0 fully saturated rings. The maximum atomic E-state index is 11.8. The van der Waals surface area contributed by atoms with Crippen LogP contribution in [0.2, 0.25) is 0 Å². The number of aliphatic hydroxyl groups is 1. The summed E-state index contributed by atoms with van der Waals surface area (Å²) >= 11 is 0. The van der Waals surface area contributed by atoms with E-state index in [1.54, 1.807) is 0 Å². The number of amides is 1. The number of carboxylic acids is 1. The first-order valence-electron chi connectivity index (χ1n) is 5.01. The van der Waals surface area contributed by atoms with E-state index >= 15 is 0 Å². The Kier molecular flexibility index (Phi) is 5.28. The molecule has 0 aromatic heterocycles. The van der Waals surface area contributed by atoms with Crippen molar-refractivity contribution in [1.29, 1.82) is 0 Å². The van der Waals surface area contributed by atoms with Gasteiger partial charge in [0.05, 0.1) is 6.61 Å². The average Bonchev–Trinajstić information content (AvgIpc) is 2.16. The van der Waals surface area contributed by atoms with Gasteiger partial charge in [-0.2, -0.15) is 0 Å². The van der Waals surface area contributed by atoms with E-state index in [-0.39, 0.29) is 13.2 Å². The molecule has 0 rings (SSSR count). The van der Waals surface area contributed by atoms with Gasteiger partial charge in [-0.25, -0.2) is 0 Å². The van der Waals surface area contributed by atoms with Crippen LogP contribution in [0.25, 0.3) is 0 Å². The molecule has 0 saturated heterocycles. The molecule has 0 aromatic rings. The van der Waals surface area contributed by atoms with Gasteiger partial charge in [-0.3, -0.25) is 9.59 Å². The Hall–Kier alpha value is -1.10. The zero-order chi connectivity index (χ0) is 12.1. The Bertz CT molecular complexity index is 232. The Morgan fingerprint density at radius 3 is 2.13 bits per heavy atom. The topological polar surface area (TPSA) is 77.8 Å². The molecule has 0 heterocycles. The van der Waals surface area contributed by atoms with E-state index in [1.165, 1.54) is 18.7 Å². The summed E-state index contributed by atoms with van der Waals surface area (Å²) in [5.74, 6) is -1.60. The first kappa shape index (κ1) is 13.9. The molecule has 0 spiro atoms. The average molecular weight is 217 g/mol. The number of carboxylic acid groups (broad SMARTS) is 1. The second-order valence-corrected chi connectivity index (χ2v) is 3.95. The number of aliphatic carboxylic acids is 1. The Morgan fingerprint density at radius 2 is 1.80 bits per heavy atom. The van der Waals surface area contributed by atoms with E-state index in [2.05, 4.69) is 0 Å². The summed E-state index contributed by atoms with van der Waals surface area (Å²) in [5, 5.41) is 17.7. The van der Waals surface area contributed by atoms with Crippen molar-refractivity contribution in [2.75, 3.05) is 19.7 Å². The van der Waals surface area contributed by atoms with Crippen LogP contribution < -0.4 is 0 Å². The van der Waals surface area contributed by atoms with Crippen molar-refractivity contribution in [3.63, 3.8) is 0 Å². The highest BCUT2D eigenvalue weighted by atomic mass is 16.4. The Labute approximate surface area is 89.7 Å². The van der Waals surface area contributed by atoms with Gasteiger partial charge in [-0.15, -0.1) is 0 Å². The summed E-state index contributed by atoms with van der Waals surface area (Å²) in [6.07, 6.45) is 0.738. The van der Waals surface area contributed by atoms with E-state index in [4.69, 9.17) is 10.2 Å². The van der Waals surface area contributed by atoms with E-state index in [9.17, 15) is 9.59 Å². The van der Waals surface area contributed by atoms with Gasteiger partial charge < -0.3 is 15.1 Å². The maximum absolute atomic E-state index is 11.8. The van der Waals surface area contributed by atoms with E-state index in [0.717, 1.165) is 6.42 Å². The molecule has 0 saturated carbocycles. The highest BCUT2D eigenvalue weighted by molar-refractivity contribution is 6.00. The van der Waals surface area contributed by atoms with Gasteiger partial charge in [0.2, 0.25) is 5.91 Å². The molecule has 1 amide bonds. The summed E-state index contributed by atoms with van der Waals surface area (Å²) < 4.78 is 0. The number of carbonyl (C=O) groups excluding carboxylic acids is 1. The van der Waals surface area contributed by atoms with Crippen molar-refractivity contribution in [2.45, 2.75) is 27.2 Å². The lowest BCUT2D eigenvalue weighted by atomic mass is 9.91. The van der Waals surface area contributed by atoms with Gasteiger partial charge in [0.15, 0.2) is 0 Å². The fourth-order valence-electron chi connectivity index (χ4n) is 1.19. The molecule has 5 nitrogen and oxygen atoms in total. The van der Waals surface area contributed by atoms with Crippen LogP contribution in [0.4, 0.5) is 0 Å². The van der Waals surface area contributed by atoms with Gasteiger partial charge in [-0.1, -0.05) is 6.92 Å². The van der Waals surface area contributed by atoms with Crippen molar-refractivity contribution in [1.82, 2.24) is 4.90 Å². The van der Waals surface area contributed by atoms with Gasteiger partial charge in [-0.05, 0) is 20.3 Å². The van der Waals surface area contributed by atoms with Crippen molar-refractivity contribution in [3.8, 4) is 0 Å². The molecule has 0 aliphatic heterocycles. The van der Waals surface area contributed by atoms with Crippen LogP contribution in [0.1, 0.15) is 27.2 Å². The van der Waals surface area contributed by atoms with Crippen molar-refractivity contribution in [2.24, 2.45) is 5.41 Å². The van der Waals surface area contributed by atoms with Crippen LogP contribution in [-0.4, -0.2) is 46.7 Å². The standard InChI is InChI=1S/C10H19NO4/c1-4-5-11(6-7-12)8(13)10(2,3)9(14)15/h12H,4-7H2,1-3H3,(H,14,15).